The van der Waals surface area contributed by atoms with E-state index in [-0.39, 0.29) is 6.10 Å². The molecule has 5 nitrogen and oxygen atoms in total. The van der Waals surface area contributed by atoms with Gasteiger partial charge in [0.05, 0.1) is 12.7 Å². The van der Waals surface area contributed by atoms with Gasteiger partial charge in [-0.3, -0.25) is 0 Å². The van der Waals surface area contributed by atoms with Crippen LogP contribution < -0.4 is 0 Å². The van der Waals surface area contributed by atoms with Gasteiger partial charge in [0.25, 0.3) is 0 Å². The summed E-state index contributed by atoms with van der Waals surface area (Å²) in [6.07, 6.45) is -0.308. The minimum atomic E-state index is -0.689. The van der Waals surface area contributed by atoms with Crippen LogP contribution in [0.2, 0.25) is 0 Å². The first-order chi connectivity index (χ1) is 7.57. The maximum Gasteiger partial charge on any atom is 0.191 e. The molecule has 0 aromatic carbocycles. The Bertz CT molecular complexity index is 322. The molecule has 2 aliphatic rings. The van der Waals surface area contributed by atoms with Crippen molar-refractivity contribution in [3.63, 3.8) is 0 Å². The molecule has 88 valence electrons. The van der Waals surface area contributed by atoms with Crippen LogP contribution in [0.1, 0.15) is 13.8 Å². The van der Waals surface area contributed by atoms with E-state index in [2.05, 4.69) is 6.58 Å². The first kappa shape index (κ1) is 11.6. The highest BCUT2D eigenvalue weighted by Gasteiger charge is 2.55. The van der Waals surface area contributed by atoms with Crippen LogP contribution in [0, 0.1) is 11.3 Å². The Morgan fingerprint density at radius 1 is 1.50 bits per heavy atom. The van der Waals surface area contributed by atoms with Gasteiger partial charge >= 0.3 is 0 Å². The molecule has 2 rings (SSSR count). The van der Waals surface area contributed by atoms with Gasteiger partial charge in [0.15, 0.2) is 18.2 Å². The lowest BCUT2D eigenvalue weighted by Crippen LogP contribution is -2.36. The van der Waals surface area contributed by atoms with E-state index in [1.54, 1.807) is 19.9 Å². The smallest absolute Gasteiger partial charge is 0.191 e. The largest absolute Gasteiger partial charge is 0.367 e. The Kier molecular flexibility index (Phi) is 3.00. The van der Waals surface area contributed by atoms with Crippen LogP contribution >= 0.6 is 0 Å². The van der Waals surface area contributed by atoms with Gasteiger partial charge in [0, 0.05) is 0 Å². The van der Waals surface area contributed by atoms with Gasteiger partial charge < -0.3 is 18.9 Å². The molecule has 0 saturated carbocycles. The molecule has 0 bridgehead atoms. The van der Waals surface area contributed by atoms with Crippen molar-refractivity contribution >= 4 is 0 Å². The lowest BCUT2D eigenvalue weighted by atomic mass is 10.1. The van der Waals surface area contributed by atoms with Gasteiger partial charge in [-0.1, -0.05) is 6.08 Å². The molecule has 0 spiro atoms. The second-order valence-electron chi connectivity index (χ2n) is 4.24. The normalized spacial score (nSPS) is 40.3. The molecular weight excluding hydrogens is 210 g/mol. The molecule has 2 aliphatic heterocycles. The second-order valence-corrected chi connectivity index (χ2v) is 4.24. The van der Waals surface area contributed by atoms with E-state index in [4.69, 9.17) is 24.2 Å². The summed E-state index contributed by atoms with van der Waals surface area (Å²) in [5, 5.41) is 8.93. The molecule has 0 aromatic rings. The zero-order valence-corrected chi connectivity index (χ0v) is 9.38. The van der Waals surface area contributed by atoms with Crippen molar-refractivity contribution in [1.82, 2.24) is 0 Å². The summed E-state index contributed by atoms with van der Waals surface area (Å²) in [5.41, 5.74) is 0. The number of rotatable bonds is 3. The number of nitrogens with zero attached hydrogens (tertiary/aromatic N) is 1. The SMILES string of the molecule is C=CCO[C@@H]1[C@H]2OC(C)(C)O[C@H]2O[C@@H]1C#N. The zero-order valence-electron chi connectivity index (χ0n) is 9.38. The van der Waals surface area contributed by atoms with Gasteiger partial charge in [-0.15, -0.1) is 6.58 Å². The third kappa shape index (κ3) is 1.97. The highest BCUT2D eigenvalue weighted by Crippen LogP contribution is 2.38. The molecule has 0 unspecified atom stereocenters. The summed E-state index contributed by atoms with van der Waals surface area (Å²) in [7, 11) is 0. The van der Waals surface area contributed by atoms with Gasteiger partial charge in [0.1, 0.15) is 12.2 Å². The molecule has 5 heteroatoms. The highest BCUT2D eigenvalue weighted by atomic mass is 16.8. The first-order valence-corrected chi connectivity index (χ1v) is 5.20. The van der Waals surface area contributed by atoms with Gasteiger partial charge in [0.2, 0.25) is 0 Å². The maximum absolute atomic E-state index is 8.93. The van der Waals surface area contributed by atoms with Gasteiger partial charge in [-0.05, 0) is 13.8 Å². The average Bonchev–Trinajstić information content (AvgIpc) is 2.67. The Balaban J connectivity index is 2.08. The van der Waals surface area contributed by atoms with Crippen molar-refractivity contribution in [3.05, 3.63) is 12.7 Å². The highest BCUT2D eigenvalue weighted by molar-refractivity contribution is 5.03. The lowest BCUT2D eigenvalue weighted by Gasteiger charge is -2.22. The summed E-state index contributed by atoms with van der Waals surface area (Å²) in [6, 6.07) is 2.04. The van der Waals surface area contributed by atoms with Crippen LogP contribution in [0.3, 0.4) is 0 Å². The number of hydrogen-bond acceptors (Lipinski definition) is 5. The van der Waals surface area contributed by atoms with Crippen molar-refractivity contribution in [1.29, 1.82) is 5.26 Å². The lowest BCUT2D eigenvalue weighted by molar-refractivity contribution is -0.210. The van der Waals surface area contributed by atoms with E-state index < -0.39 is 24.3 Å². The van der Waals surface area contributed by atoms with Gasteiger partial charge in [-0.2, -0.15) is 5.26 Å². The van der Waals surface area contributed by atoms with Crippen molar-refractivity contribution in [2.45, 2.75) is 44.2 Å². The van der Waals surface area contributed by atoms with E-state index in [0.717, 1.165) is 0 Å². The van der Waals surface area contributed by atoms with Crippen LogP contribution in [0.5, 0.6) is 0 Å². The number of fused-ring (bicyclic) bond motifs is 1. The van der Waals surface area contributed by atoms with Crippen LogP contribution in [0.4, 0.5) is 0 Å². The second kappa shape index (κ2) is 4.15. The van der Waals surface area contributed by atoms with Crippen molar-refractivity contribution < 1.29 is 18.9 Å². The summed E-state index contributed by atoms with van der Waals surface area (Å²) in [5.74, 6) is -0.689. The fourth-order valence-electron chi connectivity index (χ4n) is 1.94. The predicted octanol–water partition coefficient (Wildman–Crippen LogP) is 0.958. The summed E-state index contributed by atoms with van der Waals surface area (Å²) < 4.78 is 22.1. The quantitative estimate of drug-likeness (QED) is 0.669. The third-order valence-electron chi connectivity index (χ3n) is 2.52. The van der Waals surface area contributed by atoms with Crippen molar-refractivity contribution in [3.8, 4) is 6.07 Å². The Morgan fingerprint density at radius 2 is 2.25 bits per heavy atom. The Morgan fingerprint density at radius 3 is 2.88 bits per heavy atom. The molecule has 0 aromatic heterocycles. The van der Waals surface area contributed by atoms with Crippen LogP contribution in [-0.2, 0) is 18.9 Å². The zero-order chi connectivity index (χ0) is 11.8. The predicted molar refractivity (Wildman–Crippen MR) is 54.2 cm³/mol. The van der Waals surface area contributed by atoms with Crippen LogP contribution in [0.25, 0.3) is 0 Å². The minimum absolute atomic E-state index is 0.348. The number of ether oxygens (including phenoxy) is 4. The molecule has 0 radical (unpaired) electrons. The fraction of sp³-hybridized carbons (Fsp3) is 0.727. The van der Waals surface area contributed by atoms with E-state index in [0.29, 0.717) is 6.61 Å². The molecule has 0 amide bonds. The monoisotopic (exact) mass is 225 g/mol. The minimum Gasteiger partial charge on any atom is -0.367 e. The molecule has 0 aliphatic carbocycles. The van der Waals surface area contributed by atoms with Crippen molar-refractivity contribution in [2.24, 2.45) is 0 Å². The van der Waals surface area contributed by atoms with E-state index in [9.17, 15) is 0 Å². The third-order valence-corrected chi connectivity index (χ3v) is 2.52. The van der Waals surface area contributed by atoms with Gasteiger partial charge in [-0.25, -0.2) is 0 Å². The molecule has 4 atom stereocenters. The number of nitriles is 1. The molecule has 16 heavy (non-hydrogen) atoms. The Labute approximate surface area is 94.5 Å². The fourth-order valence-corrected chi connectivity index (χ4v) is 1.94. The summed E-state index contributed by atoms with van der Waals surface area (Å²) in [4.78, 5) is 0. The maximum atomic E-state index is 8.93. The van der Waals surface area contributed by atoms with E-state index in [1.165, 1.54) is 0 Å². The van der Waals surface area contributed by atoms with Crippen LogP contribution in [0.15, 0.2) is 12.7 Å². The molecular formula is C11H15NO4. The topological polar surface area (TPSA) is 60.7 Å². The molecule has 0 N–H and O–H groups in total. The van der Waals surface area contributed by atoms with Crippen LogP contribution in [-0.4, -0.2) is 37.0 Å². The Hall–Kier alpha value is -0.930. The summed E-state index contributed by atoms with van der Waals surface area (Å²) >= 11 is 0. The molecule has 2 fully saturated rings. The molecule has 2 saturated heterocycles. The standard InChI is InChI=1S/C11H15NO4/c1-4-5-13-8-7(6-12)14-10-9(8)15-11(2,3)16-10/h4,7-10H,1,5H2,2-3H3/t7-,8+,9-,10-/m1/s1. The van der Waals surface area contributed by atoms with E-state index in [1.807, 2.05) is 6.07 Å². The average molecular weight is 225 g/mol. The summed E-state index contributed by atoms with van der Waals surface area (Å²) in [6.45, 7) is 7.54. The molecule has 2 heterocycles. The van der Waals surface area contributed by atoms with Crippen molar-refractivity contribution in [2.75, 3.05) is 6.61 Å². The first-order valence-electron chi connectivity index (χ1n) is 5.20. The number of hydrogen-bond donors (Lipinski definition) is 0. The van der Waals surface area contributed by atoms with E-state index >= 15 is 0 Å².